The first-order valence-electron chi connectivity index (χ1n) is 7.97. The van der Waals surface area contributed by atoms with Gasteiger partial charge in [-0.15, -0.1) is 0 Å². The van der Waals surface area contributed by atoms with E-state index in [4.69, 9.17) is 0 Å². The van der Waals surface area contributed by atoms with Crippen molar-refractivity contribution in [3.63, 3.8) is 0 Å². The molecule has 6 heteroatoms. The summed E-state index contributed by atoms with van der Waals surface area (Å²) in [5.41, 5.74) is 0. The van der Waals surface area contributed by atoms with E-state index in [2.05, 4.69) is 15.5 Å². The lowest BCUT2D eigenvalue weighted by Gasteiger charge is -2.28. The second-order valence-corrected chi connectivity index (χ2v) is 6.48. The maximum absolute atomic E-state index is 12.1. The summed E-state index contributed by atoms with van der Waals surface area (Å²) in [6.07, 6.45) is 4.50. The highest BCUT2D eigenvalue weighted by Crippen LogP contribution is 2.18. The van der Waals surface area contributed by atoms with Crippen molar-refractivity contribution < 1.29 is 9.59 Å². The zero-order valence-electron chi connectivity index (χ0n) is 13.2. The van der Waals surface area contributed by atoms with Crippen molar-refractivity contribution >= 4 is 11.8 Å². The number of nitrogens with one attached hydrogen (secondary N) is 2. The molecule has 2 fully saturated rings. The van der Waals surface area contributed by atoms with Crippen LogP contribution in [0.25, 0.3) is 0 Å². The van der Waals surface area contributed by atoms with E-state index in [9.17, 15) is 9.59 Å². The molecule has 0 atom stereocenters. The maximum atomic E-state index is 12.1. The van der Waals surface area contributed by atoms with Crippen LogP contribution < -0.4 is 10.6 Å². The third kappa shape index (κ3) is 6.01. The van der Waals surface area contributed by atoms with E-state index in [1.165, 1.54) is 17.7 Å². The number of nitrogens with zero attached hydrogens (tertiary/aromatic N) is 2. The highest BCUT2D eigenvalue weighted by Gasteiger charge is 2.24. The van der Waals surface area contributed by atoms with Gasteiger partial charge in [0.1, 0.15) is 0 Å². The summed E-state index contributed by atoms with van der Waals surface area (Å²) >= 11 is 0. The maximum Gasteiger partial charge on any atom is 0.239 e. The van der Waals surface area contributed by atoms with E-state index in [1.807, 2.05) is 7.05 Å². The second-order valence-electron chi connectivity index (χ2n) is 6.48. The van der Waals surface area contributed by atoms with Crippen LogP contribution in [0.5, 0.6) is 0 Å². The molecule has 0 aromatic carbocycles. The molecule has 1 saturated carbocycles. The van der Waals surface area contributed by atoms with Crippen molar-refractivity contribution in [1.29, 1.82) is 0 Å². The lowest BCUT2D eigenvalue weighted by molar-refractivity contribution is -0.135. The van der Waals surface area contributed by atoms with E-state index in [0.717, 1.165) is 32.5 Å². The molecule has 0 aromatic rings. The Morgan fingerprint density at radius 1 is 1.10 bits per heavy atom. The Hall–Kier alpha value is -1.14. The zero-order valence-corrected chi connectivity index (χ0v) is 13.2. The van der Waals surface area contributed by atoms with Gasteiger partial charge in [0.2, 0.25) is 11.8 Å². The number of piperidine rings is 1. The number of amides is 2. The molecule has 21 heavy (non-hydrogen) atoms. The van der Waals surface area contributed by atoms with Crippen molar-refractivity contribution in [2.75, 3.05) is 46.8 Å². The normalized spacial score (nSPS) is 19.6. The van der Waals surface area contributed by atoms with Crippen LogP contribution in [0, 0.1) is 5.92 Å². The molecule has 0 aromatic heterocycles. The fourth-order valence-corrected chi connectivity index (χ4v) is 2.73. The van der Waals surface area contributed by atoms with Crippen molar-refractivity contribution in [2.45, 2.75) is 31.7 Å². The number of likely N-dealkylation sites (N-methyl/N-ethyl adjacent to an activating group) is 2. The van der Waals surface area contributed by atoms with Crippen LogP contribution in [0.3, 0.4) is 0 Å². The van der Waals surface area contributed by atoms with Gasteiger partial charge in [-0.3, -0.25) is 14.5 Å². The SMILES string of the molecule is CN(CC(=O)N(C)CC(=O)NC1CC1)CC1CCNCC1. The van der Waals surface area contributed by atoms with E-state index >= 15 is 0 Å². The Labute approximate surface area is 127 Å². The summed E-state index contributed by atoms with van der Waals surface area (Å²) in [4.78, 5) is 27.4. The van der Waals surface area contributed by atoms with E-state index < -0.39 is 0 Å². The summed E-state index contributed by atoms with van der Waals surface area (Å²) in [7, 11) is 3.69. The number of hydrogen-bond donors (Lipinski definition) is 2. The highest BCUT2D eigenvalue weighted by atomic mass is 16.2. The Kier molecular flexibility index (Phi) is 5.99. The third-order valence-electron chi connectivity index (χ3n) is 4.18. The van der Waals surface area contributed by atoms with Gasteiger partial charge in [-0.1, -0.05) is 0 Å². The van der Waals surface area contributed by atoms with Crippen LogP contribution in [-0.2, 0) is 9.59 Å². The number of rotatable bonds is 7. The third-order valence-corrected chi connectivity index (χ3v) is 4.18. The molecule has 1 saturated heterocycles. The Balaban J connectivity index is 1.65. The van der Waals surface area contributed by atoms with E-state index in [1.54, 1.807) is 7.05 Å². The van der Waals surface area contributed by atoms with Gasteiger partial charge in [0, 0.05) is 19.6 Å². The fraction of sp³-hybridized carbons (Fsp3) is 0.867. The molecule has 2 N–H and O–H groups in total. The van der Waals surface area contributed by atoms with Crippen LogP contribution in [0.1, 0.15) is 25.7 Å². The smallest absolute Gasteiger partial charge is 0.239 e. The Morgan fingerprint density at radius 2 is 1.76 bits per heavy atom. The largest absolute Gasteiger partial charge is 0.352 e. The van der Waals surface area contributed by atoms with Crippen molar-refractivity contribution in [3.8, 4) is 0 Å². The van der Waals surface area contributed by atoms with Gasteiger partial charge in [0.15, 0.2) is 0 Å². The fourth-order valence-electron chi connectivity index (χ4n) is 2.73. The van der Waals surface area contributed by atoms with E-state index in [-0.39, 0.29) is 18.4 Å². The van der Waals surface area contributed by atoms with E-state index in [0.29, 0.717) is 18.5 Å². The number of carbonyl (C=O) groups excluding carboxylic acids is 2. The van der Waals surface area contributed by atoms with Crippen molar-refractivity contribution in [1.82, 2.24) is 20.4 Å². The lowest BCUT2D eigenvalue weighted by Crippen LogP contribution is -2.44. The van der Waals surface area contributed by atoms with Gasteiger partial charge in [-0.2, -0.15) is 0 Å². The average Bonchev–Trinajstić information content (AvgIpc) is 3.23. The summed E-state index contributed by atoms with van der Waals surface area (Å²) in [5, 5.41) is 6.26. The minimum atomic E-state index is -0.0469. The van der Waals surface area contributed by atoms with Gasteiger partial charge in [0.25, 0.3) is 0 Å². The first-order chi connectivity index (χ1) is 10.0. The zero-order chi connectivity index (χ0) is 15.2. The Bertz CT molecular complexity index is 365. The predicted octanol–water partition coefficient (Wildman–Crippen LogP) is -0.345. The predicted molar refractivity (Wildman–Crippen MR) is 81.9 cm³/mol. The summed E-state index contributed by atoms with van der Waals surface area (Å²) in [5.74, 6) is 0.638. The Morgan fingerprint density at radius 3 is 2.38 bits per heavy atom. The van der Waals surface area contributed by atoms with Crippen LogP contribution in [0.15, 0.2) is 0 Å². The molecule has 2 amide bonds. The molecule has 0 unspecified atom stereocenters. The minimum absolute atomic E-state index is 0.0115. The summed E-state index contributed by atoms with van der Waals surface area (Å²) < 4.78 is 0. The van der Waals surface area contributed by atoms with Gasteiger partial charge >= 0.3 is 0 Å². The first-order valence-corrected chi connectivity index (χ1v) is 7.97. The summed E-state index contributed by atoms with van der Waals surface area (Å²) in [6.45, 7) is 3.66. The monoisotopic (exact) mass is 296 g/mol. The molecule has 2 rings (SSSR count). The second kappa shape index (κ2) is 7.75. The number of carbonyl (C=O) groups is 2. The molecule has 0 spiro atoms. The molecule has 1 heterocycles. The van der Waals surface area contributed by atoms with Gasteiger partial charge < -0.3 is 15.5 Å². The van der Waals surface area contributed by atoms with Crippen molar-refractivity contribution in [2.24, 2.45) is 5.92 Å². The molecule has 0 radical (unpaired) electrons. The molecule has 2 aliphatic rings. The van der Waals surface area contributed by atoms with Crippen LogP contribution >= 0.6 is 0 Å². The molecular formula is C15H28N4O2. The topological polar surface area (TPSA) is 64.7 Å². The van der Waals surface area contributed by atoms with Gasteiger partial charge in [0.05, 0.1) is 13.1 Å². The van der Waals surface area contributed by atoms with Crippen molar-refractivity contribution in [3.05, 3.63) is 0 Å². The van der Waals surface area contributed by atoms with Crippen LogP contribution in [-0.4, -0.2) is 74.5 Å². The standard InChI is InChI=1S/C15H28N4O2/c1-18(9-12-5-7-16-8-6-12)11-15(21)19(2)10-14(20)17-13-3-4-13/h12-13,16H,3-11H2,1-2H3,(H,17,20). The minimum Gasteiger partial charge on any atom is -0.352 e. The van der Waals surface area contributed by atoms with Crippen LogP contribution in [0.2, 0.25) is 0 Å². The first kappa shape index (κ1) is 16.2. The summed E-state index contributed by atoms with van der Waals surface area (Å²) in [6, 6.07) is 0.351. The number of hydrogen-bond acceptors (Lipinski definition) is 4. The van der Waals surface area contributed by atoms with Gasteiger partial charge in [-0.05, 0) is 51.7 Å². The average molecular weight is 296 g/mol. The molecule has 0 bridgehead atoms. The van der Waals surface area contributed by atoms with Crippen LogP contribution in [0.4, 0.5) is 0 Å². The molecule has 6 nitrogen and oxygen atoms in total. The molecule has 1 aliphatic heterocycles. The molecular weight excluding hydrogens is 268 g/mol. The molecule has 120 valence electrons. The molecule has 1 aliphatic carbocycles. The lowest BCUT2D eigenvalue weighted by atomic mass is 9.98. The quantitative estimate of drug-likeness (QED) is 0.674. The highest BCUT2D eigenvalue weighted by molar-refractivity contribution is 5.85. The van der Waals surface area contributed by atoms with Gasteiger partial charge in [-0.25, -0.2) is 0 Å².